The molecule has 7 nitrogen and oxygen atoms in total. The molecule has 2 aromatic heterocycles. The molecule has 2 N–H and O–H groups in total. The van der Waals surface area contributed by atoms with E-state index in [1.54, 1.807) is 11.3 Å². The third kappa shape index (κ3) is 6.19. The number of guanidine groups is 1. The van der Waals surface area contributed by atoms with Crippen LogP contribution < -0.4 is 15.5 Å². The average Bonchev–Trinajstić information content (AvgIpc) is 3.17. The third-order valence-electron chi connectivity index (χ3n) is 4.93. The number of amides is 1. The Morgan fingerprint density at radius 3 is 2.69 bits per heavy atom. The molecule has 1 aliphatic rings. The lowest BCUT2D eigenvalue weighted by Gasteiger charge is -2.35. The number of carbonyl (C=O) groups excluding carboxylic acids is 1. The highest BCUT2D eigenvalue weighted by atomic mass is 32.1. The van der Waals surface area contributed by atoms with Gasteiger partial charge in [0.15, 0.2) is 5.96 Å². The average molecular weight is 415 g/mol. The Morgan fingerprint density at radius 1 is 1.21 bits per heavy atom. The molecule has 0 unspecified atom stereocenters. The second kappa shape index (κ2) is 10.8. The van der Waals surface area contributed by atoms with Gasteiger partial charge in [0, 0.05) is 56.8 Å². The van der Waals surface area contributed by atoms with Gasteiger partial charge in [-0.25, -0.2) is 9.98 Å². The second-order valence-electron chi connectivity index (χ2n) is 6.95. The van der Waals surface area contributed by atoms with E-state index in [2.05, 4.69) is 43.9 Å². The molecule has 0 bridgehead atoms. The summed E-state index contributed by atoms with van der Waals surface area (Å²) in [7, 11) is 0. The van der Waals surface area contributed by atoms with Crippen LogP contribution >= 0.6 is 11.3 Å². The van der Waals surface area contributed by atoms with Crippen LogP contribution in [0.2, 0.25) is 0 Å². The van der Waals surface area contributed by atoms with Crippen LogP contribution in [-0.4, -0.2) is 61.0 Å². The van der Waals surface area contributed by atoms with Crippen molar-refractivity contribution in [3.05, 3.63) is 46.3 Å². The monoisotopic (exact) mass is 414 g/mol. The van der Waals surface area contributed by atoms with Crippen LogP contribution in [0, 0.1) is 6.92 Å². The standard InChI is InChI=1S/C21H30N6OS/c1-3-22-21(25-16-18-17(2)8-15-29-18)24-10-7-20(28)27-13-11-26(12-14-27)19-6-4-5-9-23-19/h4-6,8-9,15H,3,7,10-14,16H2,1-2H3,(H2,22,24,25). The Kier molecular flexibility index (Phi) is 7.86. The van der Waals surface area contributed by atoms with E-state index in [9.17, 15) is 4.79 Å². The number of piperazine rings is 1. The highest BCUT2D eigenvalue weighted by Gasteiger charge is 2.21. The molecule has 3 heterocycles. The molecular weight excluding hydrogens is 384 g/mol. The van der Waals surface area contributed by atoms with Crippen molar-refractivity contribution in [2.24, 2.45) is 4.99 Å². The predicted octanol–water partition coefficient (Wildman–Crippen LogP) is 2.25. The number of nitrogens with zero attached hydrogens (tertiary/aromatic N) is 4. The molecule has 0 aliphatic carbocycles. The number of carbonyl (C=O) groups is 1. The minimum absolute atomic E-state index is 0.183. The van der Waals surface area contributed by atoms with E-state index >= 15 is 0 Å². The van der Waals surface area contributed by atoms with Gasteiger partial charge in [0.25, 0.3) is 0 Å². The highest BCUT2D eigenvalue weighted by Crippen LogP contribution is 2.16. The quantitative estimate of drug-likeness (QED) is 0.537. The number of anilines is 1. The summed E-state index contributed by atoms with van der Waals surface area (Å²) in [5, 5.41) is 8.62. The summed E-state index contributed by atoms with van der Waals surface area (Å²) in [6.45, 7) is 9.28. The number of aryl methyl sites for hydroxylation is 1. The molecule has 0 radical (unpaired) electrons. The van der Waals surface area contributed by atoms with Crippen molar-refractivity contribution in [2.45, 2.75) is 26.8 Å². The van der Waals surface area contributed by atoms with Crippen LogP contribution in [0.5, 0.6) is 0 Å². The zero-order valence-corrected chi connectivity index (χ0v) is 18.0. The van der Waals surface area contributed by atoms with Crippen molar-refractivity contribution in [2.75, 3.05) is 44.2 Å². The van der Waals surface area contributed by atoms with Gasteiger partial charge in [-0.3, -0.25) is 4.79 Å². The molecule has 3 rings (SSSR count). The van der Waals surface area contributed by atoms with E-state index in [-0.39, 0.29) is 5.91 Å². The van der Waals surface area contributed by atoms with Crippen molar-refractivity contribution in [3.8, 4) is 0 Å². The molecule has 2 aromatic rings. The van der Waals surface area contributed by atoms with Gasteiger partial charge < -0.3 is 20.4 Å². The summed E-state index contributed by atoms with van der Waals surface area (Å²) in [6.07, 6.45) is 2.27. The lowest BCUT2D eigenvalue weighted by Crippen LogP contribution is -2.49. The lowest BCUT2D eigenvalue weighted by atomic mass is 10.2. The molecule has 1 amide bonds. The second-order valence-corrected chi connectivity index (χ2v) is 7.96. The SMILES string of the molecule is CCNC(=NCc1sccc1C)NCCC(=O)N1CCN(c2ccccn2)CC1. The molecule has 29 heavy (non-hydrogen) atoms. The fourth-order valence-corrected chi connectivity index (χ4v) is 4.06. The van der Waals surface area contributed by atoms with Crippen molar-refractivity contribution in [1.29, 1.82) is 0 Å². The van der Waals surface area contributed by atoms with Crippen LogP contribution in [0.4, 0.5) is 5.82 Å². The minimum atomic E-state index is 0.183. The number of pyridine rings is 1. The molecule has 1 aliphatic heterocycles. The van der Waals surface area contributed by atoms with Gasteiger partial charge in [-0.2, -0.15) is 0 Å². The van der Waals surface area contributed by atoms with E-state index in [4.69, 9.17) is 0 Å². The Hall–Kier alpha value is -2.61. The maximum Gasteiger partial charge on any atom is 0.224 e. The van der Waals surface area contributed by atoms with Crippen molar-refractivity contribution in [1.82, 2.24) is 20.5 Å². The van der Waals surface area contributed by atoms with E-state index in [0.29, 0.717) is 19.5 Å². The largest absolute Gasteiger partial charge is 0.357 e. The van der Waals surface area contributed by atoms with Gasteiger partial charge in [0.1, 0.15) is 5.82 Å². The maximum atomic E-state index is 12.6. The van der Waals surface area contributed by atoms with Gasteiger partial charge in [0.05, 0.1) is 6.54 Å². The highest BCUT2D eigenvalue weighted by molar-refractivity contribution is 7.10. The first kappa shape index (κ1) is 21.1. The normalized spacial score (nSPS) is 14.8. The molecule has 0 saturated carbocycles. The molecule has 0 spiro atoms. The number of hydrogen-bond acceptors (Lipinski definition) is 5. The van der Waals surface area contributed by atoms with Crippen LogP contribution in [0.15, 0.2) is 40.8 Å². The molecule has 156 valence electrons. The number of aromatic nitrogens is 1. The minimum Gasteiger partial charge on any atom is -0.357 e. The third-order valence-corrected chi connectivity index (χ3v) is 5.94. The number of aliphatic imine (C=N–C) groups is 1. The summed E-state index contributed by atoms with van der Waals surface area (Å²) in [4.78, 5) is 27.0. The van der Waals surface area contributed by atoms with Crippen LogP contribution in [0.25, 0.3) is 0 Å². The van der Waals surface area contributed by atoms with Crippen LogP contribution in [0.1, 0.15) is 23.8 Å². The summed E-state index contributed by atoms with van der Waals surface area (Å²) < 4.78 is 0. The van der Waals surface area contributed by atoms with Gasteiger partial charge in [0.2, 0.25) is 5.91 Å². The Morgan fingerprint density at radius 2 is 2.03 bits per heavy atom. The van der Waals surface area contributed by atoms with Gasteiger partial charge in [-0.1, -0.05) is 6.07 Å². The van der Waals surface area contributed by atoms with E-state index in [1.807, 2.05) is 36.2 Å². The molecule has 8 heteroatoms. The van der Waals surface area contributed by atoms with Gasteiger partial charge in [-0.15, -0.1) is 11.3 Å². The summed E-state index contributed by atoms with van der Waals surface area (Å²) in [6, 6.07) is 8.04. The maximum absolute atomic E-state index is 12.6. The number of rotatable bonds is 7. The summed E-state index contributed by atoms with van der Waals surface area (Å²) >= 11 is 1.72. The first-order chi connectivity index (χ1) is 14.2. The smallest absolute Gasteiger partial charge is 0.224 e. The number of thiophene rings is 1. The summed E-state index contributed by atoms with van der Waals surface area (Å²) in [5.41, 5.74) is 1.27. The van der Waals surface area contributed by atoms with Crippen molar-refractivity contribution >= 4 is 29.0 Å². The first-order valence-corrected chi connectivity index (χ1v) is 11.0. The lowest BCUT2D eigenvalue weighted by molar-refractivity contribution is -0.131. The number of nitrogens with one attached hydrogen (secondary N) is 2. The van der Waals surface area contributed by atoms with Crippen molar-refractivity contribution in [3.63, 3.8) is 0 Å². The fourth-order valence-electron chi connectivity index (χ4n) is 3.23. The summed E-state index contributed by atoms with van der Waals surface area (Å²) in [5.74, 6) is 1.92. The number of hydrogen-bond donors (Lipinski definition) is 2. The van der Waals surface area contributed by atoms with Crippen LogP contribution in [-0.2, 0) is 11.3 Å². The van der Waals surface area contributed by atoms with Crippen LogP contribution in [0.3, 0.4) is 0 Å². The molecule has 1 saturated heterocycles. The molecule has 0 aromatic carbocycles. The Labute approximate surface area is 176 Å². The van der Waals surface area contributed by atoms with Gasteiger partial charge >= 0.3 is 0 Å². The molecular formula is C21H30N6OS. The molecule has 1 fully saturated rings. The van der Waals surface area contributed by atoms with E-state index < -0.39 is 0 Å². The predicted molar refractivity (Wildman–Crippen MR) is 120 cm³/mol. The zero-order chi connectivity index (χ0) is 20.5. The Bertz CT molecular complexity index is 799. The van der Waals surface area contributed by atoms with E-state index in [1.165, 1.54) is 10.4 Å². The zero-order valence-electron chi connectivity index (χ0n) is 17.2. The first-order valence-electron chi connectivity index (χ1n) is 10.2. The fraction of sp³-hybridized carbons (Fsp3) is 0.476. The van der Waals surface area contributed by atoms with Gasteiger partial charge in [-0.05, 0) is 43.0 Å². The topological polar surface area (TPSA) is 72.9 Å². The van der Waals surface area contributed by atoms with Crippen molar-refractivity contribution < 1.29 is 4.79 Å². The van der Waals surface area contributed by atoms with E-state index in [0.717, 1.165) is 44.5 Å². The molecule has 0 atom stereocenters. The Balaban J connectivity index is 1.42.